The van der Waals surface area contributed by atoms with E-state index in [1.807, 2.05) is 13.8 Å². The van der Waals surface area contributed by atoms with Crippen molar-refractivity contribution in [2.45, 2.75) is 33.1 Å². The topological polar surface area (TPSA) is 87.6 Å². The Hall–Kier alpha value is -1.85. The van der Waals surface area contributed by atoms with E-state index in [1.165, 1.54) is 19.3 Å². The van der Waals surface area contributed by atoms with Crippen LogP contribution in [0.2, 0.25) is 0 Å². The lowest BCUT2D eigenvalue weighted by molar-refractivity contribution is 0.318. The van der Waals surface area contributed by atoms with Crippen molar-refractivity contribution in [2.75, 3.05) is 18.0 Å². The highest BCUT2D eigenvalue weighted by Gasteiger charge is 2.38. The van der Waals surface area contributed by atoms with Gasteiger partial charge in [-0.05, 0) is 44.1 Å². The smallest absolute Gasteiger partial charge is 0.174 e. The van der Waals surface area contributed by atoms with Gasteiger partial charge in [0.25, 0.3) is 0 Å². The molecule has 0 spiro atoms. The van der Waals surface area contributed by atoms with E-state index in [4.69, 9.17) is 10.9 Å². The normalized spacial score (nSPS) is 26.1. The van der Waals surface area contributed by atoms with Gasteiger partial charge in [0.2, 0.25) is 0 Å². The maximum Gasteiger partial charge on any atom is 0.174 e. The van der Waals surface area contributed by atoms with Gasteiger partial charge >= 0.3 is 0 Å². The first kappa shape index (κ1) is 13.1. The molecule has 2 atom stereocenters. The molecule has 3 N–H and O–H groups in total. The summed E-state index contributed by atoms with van der Waals surface area (Å²) in [5.74, 6) is 2.41. The summed E-state index contributed by atoms with van der Waals surface area (Å²) in [7, 11) is 0. The van der Waals surface area contributed by atoms with E-state index in [9.17, 15) is 0 Å². The number of hydrogen-bond acceptors (Lipinski definition) is 5. The Kier molecular flexibility index (Phi) is 3.23. The van der Waals surface area contributed by atoms with Crippen LogP contribution in [-0.2, 0) is 0 Å². The van der Waals surface area contributed by atoms with Gasteiger partial charge < -0.3 is 15.8 Å². The van der Waals surface area contributed by atoms with Gasteiger partial charge in [-0.2, -0.15) is 5.10 Å². The minimum Gasteiger partial charge on any atom is -0.409 e. The third-order valence-electron chi connectivity index (χ3n) is 4.83. The molecular weight excluding hydrogens is 254 g/mol. The molecule has 0 aromatic carbocycles. The largest absolute Gasteiger partial charge is 0.409 e. The van der Waals surface area contributed by atoms with Crippen molar-refractivity contribution in [1.82, 2.24) is 10.2 Å². The number of hydrogen-bond donors (Lipinski definition) is 2. The SMILES string of the molecule is Cc1nnc(N2CC3CCCC3C2)c(C(N)=NO)c1C. The van der Waals surface area contributed by atoms with Crippen LogP contribution in [0.15, 0.2) is 5.16 Å². The van der Waals surface area contributed by atoms with Crippen molar-refractivity contribution in [3.05, 3.63) is 16.8 Å². The first-order valence-corrected chi connectivity index (χ1v) is 7.18. The third-order valence-corrected chi connectivity index (χ3v) is 4.83. The zero-order valence-corrected chi connectivity index (χ0v) is 12.0. The van der Waals surface area contributed by atoms with Crippen molar-refractivity contribution in [2.24, 2.45) is 22.7 Å². The maximum atomic E-state index is 9.03. The monoisotopic (exact) mass is 275 g/mol. The lowest BCUT2D eigenvalue weighted by atomic mass is 10.0. The summed E-state index contributed by atoms with van der Waals surface area (Å²) in [6.45, 7) is 5.85. The maximum absolute atomic E-state index is 9.03. The minimum atomic E-state index is 0.118. The zero-order chi connectivity index (χ0) is 14.3. The first-order chi connectivity index (χ1) is 9.61. The first-order valence-electron chi connectivity index (χ1n) is 7.18. The molecule has 2 unspecified atom stereocenters. The van der Waals surface area contributed by atoms with Gasteiger partial charge in [0.1, 0.15) is 0 Å². The molecule has 1 aromatic rings. The standard InChI is InChI=1S/C14H21N5O/c1-8-9(2)16-17-14(12(8)13(15)18-20)19-6-10-4-3-5-11(10)7-19/h10-11,20H,3-7H2,1-2H3,(H2,15,18). The van der Waals surface area contributed by atoms with Crippen molar-refractivity contribution in [1.29, 1.82) is 0 Å². The fraction of sp³-hybridized carbons (Fsp3) is 0.643. The Bertz CT molecular complexity index is 545. The van der Waals surface area contributed by atoms with Crippen molar-refractivity contribution in [3.8, 4) is 0 Å². The number of aryl methyl sites for hydroxylation is 1. The quantitative estimate of drug-likeness (QED) is 0.369. The predicted octanol–water partition coefficient (Wildman–Crippen LogP) is 1.42. The molecule has 2 fully saturated rings. The van der Waals surface area contributed by atoms with Gasteiger partial charge in [0, 0.05) is 13.1 Å². The molecule has 20 heavy (non-hydrogen) atoms. The average Bonchev–Trinajstić information content (AvgIpc) is 3.01. The van der Waals surface area contributed by atoms with Crippen LogP contribution in [0.25, 0.3) is 0 Å². The van der Waals surface area contributed by atoms with Gasteiger partial charge in [0.05, 0.1) is 11.3 Å². The molecule has 6 heteroatoms. The van der Waals surface area contributed by atoms with Gasteiger partial charge in [0.15, 0.2) is 11.7 Å². The summed E-state index contributed by atoms with van der Waals surface area (Å²) in [6.07, 6.45) is 3.95. The van der Waals surface area contributed by atoms with Crippen molar-refractivity contribution < 1.29 is 5.21 Å². The molecule has 1 aliphatic heterocycles. The van der Waals surface area contributed by atoms with Crippen LogP contribution < -0.4 is 10.6 Å². The number of aromatic nitrogens is 2. The molecule has 0 amide bonds. The number of amidine groups is 1. The molecule has 6 nitrogen and oxygen atoms in total. The predicted molar refractivity (Wildman–Crippen MR) is 77.1 cm³/mol. The van der Waals surface area contributed by atoms with Crippen LogP contribution in [0.5, 0.6) is 0 Å². The van der Waals surface area contributed by atoms with E-state index >= 15 is 0 Å². The molecule has 0 radical (unpaired) electrons. The average molecular weight is 275 g/mol. The van der Waals surface area contributed by atoms with Gasteiger partial charge in [-0.15, -0.1) is 5.10 Å². The van der Waals surface area contributed by atoms with E-state index < -0.39 is 0 Å². The summed E-state index contributed by atoms with van der Waals surface area (Å²) >= 11 is 0. The third kappa shape index (κ3) is 1.99. The molecule has 1 aliphatic carbocycles. The molecule has 2 heterocycles. The lowest BCUT2D eigenvalue weighted by Gasteiger charge is -2.22. The van der Waals surface area contributed by atoms with Gasteiger partial charge in [-0.1, -0.05) is 11.6 Å². The fourth-order valence-electron chi connectivity index (χ4n) is 3.58. The molecule has 108 valence electrons. The van der Waals surface area contributed by atoms with E-state index in [2.05, 4.69) is 20.3 Å². The van der Waals surface area contributed by atoms with Crippen molar-refractivity contribution >= 4 is 11.7 Å². The summed E-state index contributed by atoms with van der Waals surface area (Å²) in [6, 6.07) is 0. The molecular formula is C14H21N5O. The molecule has 1 aromatic heterocycles. The number of nitrogens with two attached hydrogens (primary N) is 1. The fourth-order valence-corrected chi connectivity index (χ4v) is 3.58. The van der Waals surface area contributed by atoms with Crippen LogP contribution in [0, 0.1) is 25.7 Å². The van der Waals surface area contributed by atoms with E-state index in [0.29, 0.717) is 0 Å². The Morgan fingerprint density at radius 2 is 1.90 bits per heavy atom. The summed E-state index contributed by atoms with van der Waals surface area (Å²) in [5.41, 5.74) is 8.32. The van der Waals surface area contributed by atoms with Crippen LogP contribution in [0.1, 0.15) is 36.1 Å². The van der Waals surface area contributed by atoms with E-state index in [0.717, 1.165) is 47.6 Å². The number of rotatable bonds is 2. The highest BCUT2D eigenvalue weighted by molar-refractivity contribution is 6.02. The Morgan fingerprint density at radius 1 is 1.25 bits per heavy atom. The second-order valence-corrected chi connectivity index (χ2v) is 5.95. The summed E-state index contributed by atoms with van der Waals surface area (Å²) in [4.78, 5) is 2.25. The Labute approximate surface area is 118 Å². The minimum absolute atomic E-state index is 0.118. The van der Waals surface area contributed by atoms with Crippen LogP contribution in [0.4, 0.5) is 5.82 Å². The number of oxime groups is 1. The number of fused-ring (bicyclic) bond motifs is 1. The zero-order valence-electron chi connectivity index (χ0n) is 12.0. The Morgan fingerprint density at radius 3 is 2.50 bits per heavy atom. The van der Waals surface area contributed by atoms with E-state index in [-0.39, 0.29) is 5.84 Å². The molecule has 2 aliphatic rings. The highest BCUT2D eigenvalue weighted by Crippen LogP contribution is 2.40. The van der Waals surface area contributed by atoms with Gasteiger partial charge in [-0.3, -0.25) is 0 Å². The highest BCUT2D eigenvalue weighted by atomic mass is 16.4. The molecule has 0 bridgehead atoms. The molecule has 1 saturated heterocycles. The summed E-state index contributed by atoms with van der Waals surface area (Å²) in [5, 5.41) is 20.7. The molecule has 1 saturated carbocycles. The second-order valence-electron chi connectivity index (χ2n) is 5.95. The van der Waals surface area contributed by atoms with E-state index in [1.54, 1.807) is 0 Å². The molecule has 3 rings (SSSR count). The van der Waals surface area contributed by atoms with Gasteiger partial charge in [-0.25, -0.2) is 0 Å². The summed E-state index contributed by atoms with van der Waals surface area (Å²) < 4.78 is 0. The Balaban J connectivity index is 1.99. The van der Waals surface area contributed by atoms with Crippen LogP contribution in [-0.4, -0.2) is 34.3 Å². The number of nitrogens with zero attached hydrogens (tertiary/aromatic N) is 4. The van der Waals surface area contributed by atoms with Crippen LogP contribution >= 0.6 is 0 Å². The second kappa shape index (κ2) is 4.92. The van der Waals surface area contributed by atoms with Crippen molar-refractivity contribution in [3.63, 3.8) is 0 Å². The number of anilines is 1. The lowest BCUT2D eigenvalue weighted by Crippen LogP contribution is -2.28. The van der Waals surface area contributed by atoms with Crippen LogP contribution in [0.3, 0.4) is 0 Å².